The second kappa shape index (κ2) is 8.87. The molecule has 33 heavy (non-hydrogen) atoms. The molecule has 4 rings (SSSR count). The Morgan fingerprint density at radius 2 is 1.73 bits per heavy atom. The summed E-state index contributed by atoms with van der Waals surface area (Å²) in [6.45, 7) is 4.51. The topological polar surface area (TPSA) is 86.8 Å². The van der Waals surface area contributed by atoms with Gasteiger partial charge < -0.3 is 10.2 Å². The summed E-state index contributed by atoms with van der Waals surface area (Å²) in [7, 11) is -3.64. The lowest BCUT2D eigenvalue weighted by molar-refractivity contribution is -0.125. The van der Waals surface area contributed by atoms with Gasteiger partial charge in [-0.15, -0.1) is 0 Å². The Bertz CT molecular complexity index is 1170. The highest BCUT2D eigenvalue weighted by Crippen LogP contribution is 2.42. The van der Waals surface area contributed by atoms with E-state index in [1.165, 1.54) is 27.4 Å². The van der Waals surface area contributed by atoms with Crippen LogP contribution in [0, 0.1) is 5.82 Å². The Morgan fingerprint density at radius 3 is 2.39 bits per heavy atom. The molecule has 1 saturated heterocycles. The Balaban J connectivity index is 1.53. The van der Waals surface area contributed by atoms with Crippen LogP contribution in [0.2, 0.25) is 0 Å². The van der Waals surface area contributed by atoms with Crippen LogP contribution in [0.5, 0.6) is 0 Å². The molecule has 0 bridgehead atoms. The average molecular weight is 474 g/mol. The SMILES string of the molecule is CC1(C)C(=O)N(CC(=O)NCc2ccc(F)cc2)c2ccc(S(=O)(=O)N3CCCCC3)cc21. The lowest BCUT2D eigenvalue weighted by Gasteiger charge is -2.26. The van der Waals surface area contributed by atoms with Crippen LogP contribution in [-0.4, -0.2) is 44.2 Å². The van der Waals surface area contributed by atoms with Crippen LogP contribution < -0.4 is 10.2 Å². The molecule has 1 N–H and O–H groups in total. The number of halogens is 1. The molecule has 2 aromatic carbocycles. The number of nitrogens with one attached hydrogen (secondary N) is 1. The highest BCUT2D eigenvalue weighted by Gasteiger charge is 2.45. The summed E-state index contributed by atoms with van der Waals surface area (Å²) >= 11 is 0. The molecular formula is C24H28FN3O4S. The van der Waals surface area contributed by atoms with E-state index in [2.05, 4.69) is 5.32 Å². The fourth-order valence-electron chi connectivity index (χ4n) is 4.39. The van der Waals surface area contributed by atoms with E-state index in [1.54, 1.807) is 38.1 Å². The summed E-state index contributed by atoms with van der Waals surface area (Å²) in [5.74, 6) is -0.975. The van der Waals surface area contributed by atoms with Crippen LogP contribution in [-0.2, 0) is 31.6 Å². The lowest BCUT2D eigenvalue weighted by atomic mass is 9.86. The van der Waals surface area contributed by atoms with Crippen molar-refractivity contribution in [1.29, 1.82) is 0 Å². The van der Waals surface area contributed by atoms with Gasteiger partial charge in [-0.2, -0.15) is 4.31 Å². The van der Waals surface area contributed by atoms with Crippen LogP contribution in [0.15, 0.2) is 47.4 Å². The molecule has 0 atom stereocenters. The summed E-state index contributed by atoms with van der Waals surface area (Å²) < 4.78 is 40.8. The fourth-order valence-corrected chi connectivity index (χ4v) is 5.93. The molecule has 7 nitrogen and oxygen atoms in total. The normalized spacial score (nSPS) is 18.3. The smallest absolute Gasteiger partial charge is 0.243 e. The van der Waals surface area contributed by atoms with E-state index in [0.29, 0.717) is 24.3 Å². The van der Waals surface area contributed by atoms with E-state index in [9.17, 15) is 22.4 Å². The van der Waals surface area contributed by atoms with Crippen molar-refractivity contribution in [2.24, 2.45) is 0 Å². The second-order valence-corrected chi connectivity index (χ2v) is 11.0. The van der Waals surface area contributed by atoms with Gasteiger partial charge in [-0.1, -0.05) is 18.6 Å². The van der Waals surface area contributed by atoms with E-state index < -0.39 is 15.4 Å². The number of benzene rings is 2. The van der Waals surface area contributed by atoms with Gasteiger partial charge in [0, 0.05) is 25.3 Å². The number of hydrogen-bond acceptors (Lipinski definition) is 4. The van der Waals surface area contributed by atoms with Gasteiger partial charge in [-0.05, 0) is 68.1 Å². The van der Waals surface area contributed by atoms with E-state index >= 15 is 0 Å². The van der Waals surface area contributed by atoms with Gasteiger partial charge in [0.2, 0.25) is 21.8 Å². The van der Waals surface area contributed by atoms with Crippen molar-refractivity contribution in [3.8, 4) is 0 Å². The zero-order valence-electron chi connectivity index (χ0n) is 18.8. The monoisotopic (exact) mass is 473 g/mol. The molecule has 0 aliphatic carbocycles. The number of amides is 2. The van der Waals surface area contributed by atoms with Crippen molar-refractivity contribution >= 4 is 27.5 Å². The summed E-state index contributed by atoms with van der Waals surface area (Å²) in [6.07, 6.45) is 2.71. The molecule has 2 amide bonds. The van der Waals surface area contributed by atoms with Crippen molar-refractivity contribution in [1.82, 2.24) is 9.62 Å². The Hall–Kier alpha value is -2.78. The molecule has 2 heterocycles. The van der Waals surface area contributed by atoms with Gasteiger partial charge in [-0.25, -0.2) is 12.8 Å². The zero-order valence-corrected chi connectivity index (χ0v) is 19.6. The molecule has 9 heteroatoms. The van der Waals surface area contributed by atoms with Gasteiger partial charge in [-0.3, -0.25) is 9.59 Å². The van der Waals surface area contributed by atoms with Crippen LogP contribution >= 0.6 is 0 Å². The Kier molecular flexibility index (Phi) is 6.28. The lowest BCUT2D eigenvalue weighted by Crippen LogP contribution is -2.42. The van der Waals surface area contributed by atoms with Crippen LogP contribution in [0.3, 0.4) is 0 Å². The number of rotatable bonds is 6. The highest BCUT2D eigenvalue weighted by molar-refractivity contribution is 7.89. The largest absolute Gasteiger partial charge is 0.350 e. The van der Waals surface area contributed by atoms with Crippen molar-refractivity contribution < 1.29 is 22.4 Å². The molecule has 0 aromatic heterocycles. The maximum Gasteiger partial charge on any atom is 0.243 e. The minimum Gasteiger partial charge on any atom is -0.350 e. The van der Waals surface area contributed by atoms with E-state index in [4.69, 9.17) is 0 Å². The summed E-state index contributed by atoms with van der Waals surface area (Å²) in [6, 6.07) is 10.5. The number of sulfonamides is 1. The van der Waals surface area contributed by atoms with Crippen LogP contribution in [0.25, 0.3) is 0 Å². The molecule has 0 radical (unpaired) electrons. The quantitative estimate of drug-likeness (QED) is 0.699. The number of piperidine rings is 1. The first-order chi connectivity index (χ1) is 15.6. The summed E-state index contributed by atoms with van der Waals surface area (Å²) in [5.41, 5.74) is 0.919. The first-order valence-electron chi connectivity index (χ1n) is 11.1. The number of hydrogen-bond donors (Lipinski definition) is 1. The van der Waals surface area contributed by atoms with Gasteiger partial charge >= 0.3 is 0 Å². The third-order valence-corrected chi connectivity index (χ3v) is 8.26. The van der Waals surface area contributed by atoms with E-state index in [1.807, 2.05) is 0 Å². The fraction of sp³-hybridized carbons (Fsp3) is 0.417. The van der Waals surface area contributed by atoms with E-state index in [0.717, 1.165) is 24.8 Å². The van der Waals surface area contributed by atoms with Crippen molar-refractivity contribution in [3.05, 3.63) is 59.4 Å². The minimum absolute atomic E-state index is 0.173. The molecule has 1 fully saturated rings. The minimum atomic E-state index is -3.64. The Labute approximate surface area is 193 Å². The first-order valence-corrected chi connectivity index (χ1v) is 12.5. The van der Waals surface area contributed by atoms with E-state index in [-0.39, 0.29) is 35.6 Å². The number of fused-ring (bicyclic) bond motifs is 1. The van der Waals surface area contributed by atoms with Crippen LogP contribution in [0.4, 0.5) is 10.1 Å². The molecule has 0 spiro atoms. The summed E-state index contributed by atoms with van der Waals surface area (Å²) in [4.78, 5) is 27.3. The molecule has 176 valence electrons. The second-order valence-electron chi connectivity index (χ2n) is 9.06. The van der Waals surface area contributed by atoms with Crippen molar-refractivity contribution in [3.63, 3.8) is 0 Å². The number of nitrogens with zero attached hydrogens (tertiary/aromatic N) is 2. The van der Waals surface area contributed by atoms with Crippen LogP contribution in [0.1, 0.15) is 44.2 Å². The summed E-state index contributed by atoms with van der Waals surface area (Å²) in [5, 5.41) is 2.74. The van der Waals surface area contributed by atoms with Crippen molar-refractivity contribution in [2.75, 3.05) is 24.5 Å². The van der Waals surface area contributed by atoms with Gasteiger partial charge in [0.25, 0.3) is 0 Å². The van der Waals surface area contributed by atoms with Gasteiger partial charge in [0.05, 0.1) is 10.3 Å². The maximum absolute atomic E-state index is 13.1. The number of carbonyl (C=O) groups excluding carboxylic acids is 2. The zero-order chi connectivity index (χ0) is 23.8. The predicted octanol–water partition coefficient (Wildman–Crippen LogP) is 2.94. The third-order valence-electron chi connectivity index (χ3n) is 6.37. The maximum atomic E-state index is 13.1. The molecule has 0 saturated carbocycles. The number of carbonyl (C=O) groups is 2. The van der Waals surface area contributed by atoms with Crippen molar-refractivity contribution in [2.45, 2.75) is 50.0 Å². The molecular weight excluding hydrogens is 445 g/mol. The van der Waals surface area contributed by atoms with Gasteiger partial charge in [0.1, 0.15) is 12.4 Å². The molecule has 2 aliphatic heterocycles. The Morgan fingerprint density at radius 1 is 1.06 bits per heavy atom. The number of anilines is 1. The first kappa shape index (κ1) is 23.4. The average Bonchev–Trinajstić information content (AvgIpc) is 2.99. The highest BCUT2D eigenvalue weighted by atomic mass is 32.2. The molecule has 0 unspecified atom stereocenters. The van der Waals surface area contributed by atoms with Gasteiger partial charge in [0.15, 0.2) is 0 Å². The molecule has 2 aromatic rings. The third kappa shape index (κ3) is 4.52. The standard InChI is InChI=1S/C24H28FN3O4S/c1-24(2)20-14-19(33(31,32)27-12-4-3-5-13-27)10-11-21(20)28(23(24)30)16-22(29)26-15-17-6-8-18(25)9-7-17/h6-11,14H,3-5,12-13,15-16H2,1-2H3,(H,26,29). The predicted molar refractivity (Wildman–Crippen MR) is 123 cm³/mol. The molecule has 2 aliphatic rings.